The molecule has 0 aromatic heterocycles. The normalized spacial score (nSPS) is 22.8. The first-order valence-electron chi connectivity index (χ1n) is 6.98. The molecule has 1 aliphatic rings. The van der Waals surface area contributed by atoms with Crippen molar-refractivity contribution in [3.05, 3.63) is 30.3 Å². The molecular formula is C16H22O3S. The van der Waals surface area contributed by atoms with Crippen LogP contribution in [-0.2, 0) is 14.3 Å². The summed E-state index contributed by atoms with van der Waals surface area (Å²) in [6.07, 6.45) is 0.509. The summed E-state index contributed by atoms with van der Waals surface area (Å²) in [4.78, 5) is 13.4. The summed E-state index contributed by atoms with van der Waals surface area (Å²) >= 11 is 1.77. The van der Waals surface area contributed by atoms with E-state index in [1.165, 1.54) is 4.90 Å². The molecule has 0 saturated carbocycles. The molecule has 0 unspecified atom stereocenters. The molecule has 0 aliphatic carbocycles. The van der Waals surface area contributed by atoms with Crippen molar-refractivity contribution < 1.29 is 14.3 Å². The molecular weight excluding hydrogens is 272 g/mol. The van der Waals surface area contributed by atoms with Gasteiger partial charge in [0, 0.05) is 23.2 Å². The topological polar surface area (TPSA) is 35.5 Å². The van der Waals surface area contributed by atoms with Crippen molar-refractivity contribution in [3.63, 3.8) is 0 Å². The maximum atomic E-state index is 12.1. The van der Waals surface area contributed by atoms with Crippen LogP contribution in [0, 0.1) is 5.92 Å². The smallest absolute Gasteiger partial charge is 0.336 e. The van der Waals surface area contributed by atoms with Gasteiger partial charge in [-0.1, -0.05) is 18.2 Å². The largest absolute Gasteiger partial charge is 0.458 e. The Morgan fingerprint density at radius 3 is 2.70 bits per heavy atom. The summed E-state index contributed by atoms with van der Waals surface area (Å²) in [5, 5.41) is 0. The SMILES string of the molecule is CC(C)(C)OC(=O)[C@@H]1OCC[C@H]1CSc1ccccc1. The Hall–Kier alpha value is -1.00. The second-order valence-electron chi connectivity index (χ2n) is 6.00. The van der Waals surface area contributed by atoms with Gasteiger partial charge in [0.2, 0.25) is 0 Å². The molecule has 0 amide bonds. The molecule has 0 bridgehead atoms. The lowest BCUT2D eigenvalue weighted by Crippen LogP contribution is -2.35. The van der Waals surface area contributed by atoms with Crippen LogP contribution < -0.4 is 0 Å². The molecule has 0 spiro atoms. The van der Waals surface area contributed by atoms with Crippen LogP contribution in [0.5, 0.6) is 0 Å². The lowest BCUT2D eigenvalue weighted by atomic mass is 10.0. The third-order valence-electron chi connectivity index (χ3n) is 3.06. The first kappa shape index (κ1) is 15.4. The molecule has 0 N–H and O–H groups in total. The van der Waals surface area contributed by atoms with E-state index in [4.69, 9.17) is 9.47 Å². The summed E-state index contributed by atoms with van der Waals surface area (Å²) in [5.74, 6) is 0.886. The van der Waals surface area contributed by atoms with Crippen LogP contribution in [-0.4, -0.2) is 30.0 Å². The molecule has 4 heteroatoms. The van der Waals surface area contributed by atoms with Gasteiger partial charge >= 0.3 is 5.97 Å². The predicted octanol–water partition coefficient (Wildman–Crippen LogP) is 3.53. The summed E-state index contributed by atoms with van der Waals surface area (Å²) in [6.45, 7) is 6.29. The van der Waals surface area contributed by atoms with E-state index in [0.29, 0.717) is 6.61 Å². The number of benzene rings is 1. The second kappa shape index (κ2) is 6.64. The molecule has 20 heavy (non-hydrogen) atoms. The fourth-order valence-corrected chi connectivity index (χ4v) is 3.24. The highest BCUT2D eigenvalue weighted by molar-refractivity contribution is 7.99. The van der Waals surface area contributed by atoms with E-state index in [2.05, 4.69) is 12.1 Å². The number of hydrogen-bond donors (Lipinski definition) is 0. The molecule has 2 rings (SSSR count). The van der Waals surface area contributed by atoms with Gasteiger partial charge in [0.05, 0.1) is 0 Å². The van der Waals surface area contributed by atoms with Crippen molar-refractivity contribution in [3.8, 4) is 0 Å². The highest BCUT2D eigenvalue weighted by Crippen LogP contribution is 2.30. The van der Waals surface area contributed by atoms with E-state index >= 15 is 0 Å². The zero-order valence-electron chi connectivity index (χ0n) is 12.3. The van der Waals surface area contributed by atoms with Crippen LogP contribution in [0.2, 0.25) is 0 Å². The zero-order chi connectivity index (χ0) is 14.6. The van der Waals surface area contributed by atoms with E-state index in [1.807, 2.05) is 39.0 Å². The van der Waals surface area contributed by atoms with Gasteiger partial charge in [-0.15, -0.1) is 11.8 Å². The van der Waals surface area contributed by atoms with Crippen molar-refractivity contribution in [2.75, 3.05) is 12.4 Å². The fourth-order valence-electron chi connectivity index (χ4n) is 2.14. The van der Waals surface area contributed by atoms with Crippen molar-refractivity contribution in [2.24, 2.45) is 5.92 Å². The Bertz CT molecular complexity index is 439. The minimum absolute atomic E-state index is 0.228. The first-order chi connectivity index (χ1) is 9.46. The van der Waals surface area contributed by atoms with Crippen molar-refractivity contribution >= 4 is 17.7 Å². The Kier molecular flexibility index (Phi) is 5.11. The number of carbonyl (C=O) groups excluding carboxylic acids is 1. The third-order valence-corrected chi connectivity index (χ3v) is 4.26. The van der Waals surface area contributed by atoms with Gasteiger partial charge in [-0.3, -0.25) is 0 Å². The third kappa shape index (κ3) is 4.53. The van der Waals surface area contributed by atoms with E-state index < -0.39 is 11.7 Å². The maximum absolute atomic E-state index is 12.1. The van der Waals surface area contributed by atoms with Crippen molar-refractivity contribution in [2.45, 2.75) is 43.8 Å². The number of rotatable bonds is 4. The van der Waals surface area contributed by atoms with E-state index in [1.54, 1.807) is 11.8 Å². The van der Waals surface area contributed by atoms with Crippen molar-refractivity contribution in [1.82, 2.24) is 0 Å². The number of carbonyl (C=O) groups is 1. The van der Waals surface area contributed by atoms with Gasteiger partial charge in [-0.2, -0.15) is 0 Å². The number of ether oxygens (including phenoxy) is 2. The molecule has 3 nitrogen and oxygen atoms in total. The average Bonchev–Trinajstić information content (AvgIpc) is 2.84. The highest BCUT2D eigenvalue weighted by atomic mass is 32.2. The van der Waals surface area contributed by atoms with Gasteiger partial charge in [-0.25, -0.2) is 4.79 Å². The fraction of sp³-hybridized carbons (Fsp3) is 0.562. The van der Waals surface area contributed by atoms with E-state index in [-0.39, 0.29) is 11.9 Å². The Morgan fingerprint density at radius 2 is 2.05 bits per heavy atom. The molecule has 1 fully saturated rings. The number of esters is 1. The molecule has 1 saturated heterocycles. The Labute approximate surface area is 125 Å². The standard InChI is InChI=1S/C16H22O3S/c1-16(2,3)19-15(17)14-12(9-10-18-14)11-20-13-7-5-4-6-8-13/h4-8,12,14H,9-11H2,1-3H3/t12-,14+/m0/s1. The van der Waals surface area contributed by atoms with Crippen LogP contribution in [0.4, 0.5) is 0 Å². The predicted molar refractivity (Wildman–Crippen MR) is 80.9 cm³/mol. The zero-order valence-corrected chi connectivity index (χ0v) is 13.1. The minimum atomic E-state index is -0.458. The van der Waals surface area contributed by atoms with Crippen molar-refractivity contribution in [1.29, 1.82) is 0 Å². The summed E-state index contributed by atoms with van der Waals surface area (Å²) < 4.78 is 11.0. The van der Waals surface area contributed by atoms with Crippen LogP contribution in [0.15, 0.2) is 35.2 Å². The molecule has 110 valence electrons. The summed E-state index contributed by atoms with van der Waals surface area (Å²) in [7, 11) is 0. The quantitative estimate of drug-likeness (QED) is 0.628. The second-order valence-corrected chi connectivity index (χ2v) is 7.09. The molecule has 0 radical (unpaired) electrons. The number of hydrogen-bond acceptors (Lipinski definition) is 4. The first-order valence-corrected chi connectivity index (χ1v) is 7.96. The van der Waals surface area contributed by atoms with Gasteiger partial charge < -0.3 is 9.47 Å². The van der Waals surface area contributed by atoms with Gasteiger partial charge in [0.15, 0.2) is 6.10 Å². The Balaban J connectivity index is 1.89. The summed E-state index contributed by atoms with van der Waals surface area (Å²) in [6, 6.07) is 10.2. The van der Waals surface area contributed by atoms with E-state index in [0.717, 1.165) is 12.2 Å². The minimum Gasteiger partial charge on any atom is -0.458 e. The monoisotopic (exact) mass is 294 g/mol. The van der Waals surface area contributed by atoms with Crippen LogP contribution in [0.3, 0.4) is 0 Å². The highest BCUT2D eigenvalue weighted by Gasteiger charge is 2.37. The van der Waals surface area contributed by atoms with Crippen LogP contribution >= 0.6 is 11.8 Å². The molecule has 1 heterocycles. The van der Waals surface area contributed by atoms with Gasteiger partial charge in [0.25, 0.3) is 0 Å². The molecule has 1 aromatic carbocycles. The lowest BCUT2D eigenvalue weighted by molar-refractivity contribution is -0.167. The molecule has 1 aliphatic heterocycles. The maximum Gasteiger partial charge on any atom is 0.336 e. The number of thioether (sulfide) groups is 1. The molecule has 2 atom stereocenters. The lowest BCUT2D eigenvalue weighted by Gasteiger charge is -2.24. The van der Waals surface area contributed by atoms with E-state index in [9.17, 15) is 4.79 Å². The van der Waals surface area contributed by atoms with Gasteiger partial charge in [0.1, 0.15) is 5.60 Å². The average molecular weight is 294 g/mol. The van der Waals surface area contributed by atoms with Crippen LogP contribution in [0.25, 0.3) is 0 Å². The van der Waals surface area contributed by atoms with Crippen LogP contribution in [0.1, 0.15) is 27.2 Å². The summed E-state index contributed by atoms with van der Waals surface area (Å²) in [5.41, 5.74) is -0.458. The molecule has 1 aromatic rings. The Morgan fingerprint density at radius 1 is 1.35 bits per heavy atom. The van der Waals surface area contributed by atoms with Gasteiger partial charge in [-0.05, 0) is 39.3 Å².